The van der Waals surface area contributed by atoms with Gasteiger partial charge in [-0.25, -0.2) is 4.79 Å². The highest BCUT2D eigenvalue weighted by atomic mass is 16.5. The molecule has 29 heavy (non-hydrogen) atoms. The molecule has 0 spiro atoms. The van der Waals surface area contributed by atoms with Gasteiger partial charge in [0.2, 0.25) is 0 Å². The summed E-state index contributed by atoms with van der Waals surface area (Å²) in [6.07, 6.45) is 2.86. The molecule has 7 heteroatoms. The average molecular weight is 399 g/mol. The molecule has 1 amide bonds. The van der Waals surface area contributed by atoms with Gasteiger partial charge in [-0.1, -0.05) is 12.1 Å². The van der Waals surface area contributed by atoms with Gasteiger partial charge in [0.05, 0.1) is 20.3 Å². The van der Waals surface area contributed by atoms with Crippen LogP contribution in [-0.2, 0) is 14.3 Å². The summed E-state index contributed by atoms with van der Waals surface area (Å²) in [4.78, 5) is 23.8. The Morgan fingerprint density at radius 3 is 2.31 bits per heavy atom. The topological polar surface area (TPSA) is 83.1 Å². The summed E-state index contributed by atoms with van der Waals surface area (Å²) < 4.78 is 21.0. The van der Waals surface area contributed by atoms with Crippen molar-refractivity contribution in [2.45, 2.75) is 13.8 Å². The van der Waals surface area contributed by atoms with Crippen molar-refractivity contribution in [3.8, 4) is 17.2 Å². The summed E-state index contributed by atoms with van der Waals surface area (Å²) in [5.41, 5.74) is 1.33. The molecule has 0 unspecified atom stereocenters. The Balaban J connectivity index is 1.86. The van der Waals surface area contributed by atoms with Crippen molar-refractivity contribution in [1.82, 2.24) is 0 Å². The predicted octanol–water partition coefficient (Wildman–Crippen LogP) is 3.69. The third-order valence-electron chi connectivity index (χ3n) is 3.70. The molecule has 154 valence electrons. The van der Waals surface area contributed by atoms with Gasteiger partial charge in [-0.3, -0.25) is 4.79 Å². The molecule has 2 aromatic carbocycles. The maximum absolute atomic E-state index is 12.0. The summed E-state index contributed by atoms with van der Waals surface area (Å²) in [5.74, 6) is 0.790. The van der Waals surface area contributed by atoms with Crippen LogP contribution < -0.4 is 19.5 Å². The third kappa shape index (κ3) is 7.21. The van der Waals surface area contributed by atoms with Crippen molar-refractivity contribution in [2.24, 2.45) is 0 Å². The van der Waals surface area contributed by atoms with Crippen LogP contribution in [0.4, 0.5) is 5.69 Å². The number of anilines is 1. The van der Waals surface area contributed by atoms with Crippen LogP contribution in [0.15, 0.2) is 48.5 Å². The van der Waals surface area contributed by atoms with Crippen molar-refractivity contribution >= 4 is 23.6 Å². The maximum Gasteiger partial charge on any atom is 0.331 e. The van der Waals surface area contributed by atoms with Crippen LogP contribution in [-0.4, -0.2) is 38.8 Å². The molecular formula is C22H25NO6. The normalized spacial score (nSPS) is 10.4. The Hall–Kier alpha value is -3.48. The van der Waals surface area contributed by atoms with E-state index in [2.05, 4.69) is 5.32 Å². The molecule has 0 bridgehead atoms. The van der Waals surface area contributed by atoms with E-state index in [4.69, 9.17) is 18.9 Å². The second kappa shape index (κ2) is 11.4. The first kappa shape index (κ1) is 21.8. The monoisotopic (exact) mass is 399 g/mol. The average Bonchev–Trinajstić information content (AvgIpc) is 2.73. The molecule has 0 fully saturated rings. The van der Waals surface area contributed by atoms with Gasteiger partial charge in [-0.05, 0) is 49.8 Å². The van der Waals surface area contributed by atoms with Crippen LogP contribution >= 0.6 is 0 Å². The van der Waals surface area contributed by atoms with Gasteiger partial charge in [-0.2, -0.15) is 0 Å². The zero-order valence-electron chi connectivity index (χ0n) is 16.8. The minimum Gasteiger partial charge on any atom is -0.497 e. The fourth-order valence-electron chi connectivity index (χ4n) is 2.39. The highest BCUT2D eigenvalue weighted by molar-refractivity contribution is 5.94. The molecule has 2 aromatic rings. The van der Waals surface area contributed by atoms with Crippen LogP contribution in [0, 0.1) is 0 Å². The predicted molar refractivity (Wildman–Crippen MR) is 110 cm³/mol. The largest absolute Gasteiger partial charge is 0.497 e. The van der Waals surface area contributed by atoms with Crippen molar-refractivity contribution in [3.63, 3.8) is 0 Å². The van der Waals surface area contributed by atoms with Crippen LogP contribution in [0.1, 0.15) is 19.4 Å². The van der Waals surface area contributed by atoms with Gasteiger partial charge < -0.3 is 24.3 Å². The lowest BCUT2D eigenvalue weighted by molar-refractivity contribution is -0.142. The molecule has 0 radical (unpaired) electrons. The molecule has 0 saturated heterocycles. The molecule has 0 aliphatic carbocycles. The first-order chi connectivity index (χ1) is 14.0. The molecule has 0 heterocycles. The first-order valence-electron chi connectivity index (χ1n) is 9.24. The number of rotatable bonds is 10. The minimum atomic E-state index is -0.613. The molecule has 2 rings (SSSR count). The molecule has 1 N–H and O–H groups in total. The van der Waals surface area contributed by atoms with E-state index in [1.807, 2.05) is 13.8 Å². The number of methoxy groups -OCH3 is 1. The smallest absolute Gasteiger partial charge is 0.331 e. The van der Waals surface area contributed by atoms with Gasteiger partial charge in [0.1, 0.15) is 5.75 Å². The standard InChI is InChI=1S/C22H25NO6/c1-4-27-19-12-9-17(14-20(19)28-5-2)23-21(24)15-29-22(25)13-8-16-6-10-18(26-3)11-7-16/h6-14H,4-5,15H2,1-3H3,(H,23,24)/b13-8+. The number of esters is 1. The summed E-state index contributed by atoms with van der Waals surface area (Å²) in [6, 6.07) is 12.2. The Morgan fingerprint density at radius 1 is 0.966 bits per heavy atom. The van der Waals surface area contributed by atoms with E-state index in [-0.39, 0.29) is 0 Å². The lowest BCUT2D eigenvalue weighted by Gasteiger charge is -2.13. The molecule has 0 saturated carbocycles. The van der Waals surface area contributed by atoms with Crippen molar-refractivity contribution in [3.05, 3.63) is 54.1 Å². The lowest BCUT2D eigenvalue weighted by Crippen LogP contribution is -2.20. The van der Waals surface area contributed by atoms with E-state index in [0.717, 1.165) is 11.3 Å². The molecule has 0 aliphatic rings. The van der Waals surface area contributed by atoms with Gasteiger partial charge in [-0.15, -0.1) is 0 Å². The zero-order chi connectivity index (χ0) is 21.1. The second-order valence-corrected chi connectivity index (χ2v) is 5.79. The number of hydrogen-bond acceptors (Lipinski definition) is 6. The van der Waals surface area contributed by atoms with Crippen LogP contribution in [0.5, 0.6) is 17.2 Å². The molecule has 7 nitrogen and oxygen atoms in total. The number of benzene rings is 2. The lowest BCUT2D eigenvalue weighted by atomic mass is 10.2. The molecular weight excluding hydrogens is 374 g/mol. The Kier molecular flexibility index (Phi) is 8.56. The highest BCUT2D eigenvalue weighted by Crippen LogP contribution is 2.30. The van der Waals surface area contributed by atoms with Gasteiger partial charge in [0.25, 0.3) is 5.91 Å². The number of carbonyl (C=O) groups is 2. The van der Waals surface area contributed by atoms with Crippen molar-refractivity contribution in [1.29, 1.82) is 0 Å². The molecule has 0 aliphatic heterocycles. The highest BCUT2D eigenvalue weighted by Gasteiger charge is 2.10. The summed E-state index contributed by atoms with van der Waals surface area (Å²) in [7, 11) is 1.58. The Labute approximate surface area is 170 Å². The Morgan fingerprint density at radius 2 is 1.66 bits per heavy atom. The van der Waals surface area contributed by atoms with Gasteiger partial charge in [0, 0.05) is 17.8 Å². The number of amides is 1. The maximum atomic E-state index is 12.0. The summed E-state index contributed by atoms with van der Waals surface area (Å²) in [5, 5.41) is 2.66. The van der Waals surface area contributed by atoms with Crippen LogP contribution in [0.3, 0.4) is 0 Å². The fourth-order valence-corrected chi connectivity index (χ4v) is 2.39. The summed E-state index contributed by atoms with van der Waals surface area (Å²) >= 11 is 0. The summed E-state index contributed by atoms with van der Waals surface area (Å²) in [6.45, 7) is 4.31. The molecule has 0 aromatic heterocycles. The van der Waals surface area contributed by atoms with E-state index < -0.39 is 18.5 Å². The fraction of sp³-hybridized carbons (Fsp3) is 0.273. The molecule has 0 atom stereocenters. The number of ether oxygens (including phenoxy) is 4. The SMILES string of the molecule is CCOc1ccc(NC(=O)COC(=O)/C=C/c2ccc(OC)cc2)cc1OCC. The van der Waals surface area contributed by atoms with Crippen molar-refractivity contribution < 1.29 is 28.5 Å². The Bertz CT molecular complexity index is 845. The van der Waals surface area contributed by atoms with Gasteiger partial charge in [0.15, 0.2) is 18.1 Å². The van der Waals surface area contributed by atoms with E-state index in [1.165, 1.54) is 6.08 Å². The number of carbonyl (C=O) groups excluding carboxylic acids is 2. The quantitative estimate of drug-likeness (QED) is 0.485. The second-order valence-electron chi connectivity index (χ2n) is 5.79. The number of nitrogens with one attached hydrogen (secondary N) is 1. The first-order valence-corrected chi connectivity index (χ1v) is 9.24. The third-order valence-corrected chi connectivity index (χ3v) is 3.70. The van der Waals surface area contributed by atoms with Crippen LogP contribution in [0.25, 0.3) is 6.08 Å². The van der Waals surface area contributed by atoms with Crippen LogP contribution in [0.2, 0.25) is 0 Å². The van der Waals surface area contributed by atoms with E-state index in [1.54, 1.807) is 55.7 Å². The minimum absolute atomic E-state index is 0.400. The van der Waals surface area contributed by atoms with E-state index in [0.29, 0.717) is 30.4 Å². The van der Waals surface area contributed by atoms with Crippen molar-refractivity contribution in [2.75, 3.05) is 32.2 Å². The van der Waals surface area contributed by atoms with E-state index >= 15 is 0 Å². The zero-order valence-corrected chi connectivity index (χ0v) is 16.8. The van der Waals surface area contributed by atoms with Gasteiger partial charge >= 0.3 is 5.97 Å². The van der Waals surface area contributed by atoms with E-state index in [9.17, 15) is 9.59 Å². The number of hydrogen-bond donors (Lipinski definition) is 1.